The van der Waals surface area contributed by atoms with Gasteiger partial charge in [-0.1, -0.05) is 18.2 Å². The van der Waals surface area contributed by atoms with E-state index in [-0.39, 0.29) is 11.7 Å². The first kappa shape index (κ1) is 19.7. The van der Waals surface area contributed by atoms with Crippen LogP contribution < -0.4 is 4.90 Å². The number of hydrogen-bond acceptors (Lipinski definition) is 8. The number of aromatic nitrogens is 2. The van der Waals surface area contributed by atoms with E-state index >= 15 is 0 Å². The minimum atomic E-state index is -0.390. The van der Waals surface area contributed by atoms with E-state index in [0.717, 1.165) is 10.9 Å². The molecule has 0 aliphatic carbocycles. The number of hydrogen-bond donors (Lipinski definition) is 0. The van der Waals surface area contributed by atoms with Crippen molar-refractivity contribution in [2.45, 2.75) is 27.3 Å². The molecule has 1 aromatic carbocycles. The van der Waals surface area contributed by atoms with E-state index in [1.54, 1.807) is 32.0 Å². The molecule has 0 N–H and O–H groups in total. The molecule has 3 rings (SSSR count). The molecule has 9 heteroatoms. The molecule has 0 saturated carbocycles. The summed E-state index contributed by atoms with van der Waals surface area (Å²) in [6.07, 6.45) is 0. The predicted molar refractivity (Wildman–Crippen MR) is 108 cm³/mol. The molecule has 0 radical (unpaired) electrons. The van der Waals surface area contributed by atoms with Gasteiger partial charge in [-0.2, -0.15) is 0 Å². The van der Waals surface area contributed by atoms with Crippen LogP contribution in [0, 0.1) is 24.0 Å². The van der Waals surface area contributed by atoms with Gasteiger partial charge in [0.15, 0.2) is 0 Å². The van der Waals surface area contributed by atoms with Gasteiger partial charge in [0.2, 0.25) is 0 Å². The van der Waals surface area contributed by atoms with Gasteiger partial charge in [-0.05, 0) is 26.3 Å². The molecule has 0 amide bonds. The maximum atomic E-state index is 12.3. The number of thiophene rings is 1. The van der Waals surface area contributed by atoms with E-state index in [4.69, 9.17) is 4.74 Å². The summed E-state index contributed by atoms with van der Waals surface area (Å²) in [6, 6.07) is 6.62. The molecule has 0 fully saturated rings. The highest BCUT2D eigenvalue weighted by Crippen LogP contribution is 2.36. The number of rotatable bonds is 6. The van der Waals surface area contributed by atoms with Crippen molar-refractivity contribution in [1.29, 1.82) is 0 Å². The fourth-order valence-electron chi connectivity index (χ4n) is 3.04. The smallest absolute Gasteiger partial charge is 0.348 e. The second-order valence-electron chi connectivity index (χ2n) is 6.29. The first-order valence-electron chi connectivity index (χ1n) is 8.71. The number of carbonyl (C=O) groups is 1. The lowest BCUT2D eigenvalue weighted by atomic mass is 10.1. The Balaban J connectivity index is 2.07. The topological polar surface area (TPSA) is 98.5 Å². The summed E-state index contributed by atoms with van der Waals surface area (Å²) in [5.74, 6) is 0.812. The Kier molecular flexibility index (Phi) is 5.55. The molecule has 0 unspecified atom stereocenters. The lowest BCUT2D eigenvalue weighted by molar-refractivity contribution is -0.385. The summed E-state index contributed by atoms with van der Waals surface area (Å²) in [5, 5.41) is 12.1. The van der Waals surface area contributed by atoms with Gasteiger partial charge in [0.25, 0.3) is 5.69 Å². The number of anilines is 1. The van der Waals surface area contributed by atoms with Gasteiger partial charge in [-0.25, -0.2) is 14.8 Å². The van der Waals surface area contributed by atoms with Gasteiger partial charge in [-0.3, -0.25) is 10.1 Å². The summed E-state index contributed by atoms with van der Waals surface area (Å²) < 4.78 is 5.14. The summed E-state index contributed by atoms with van der Waals surface area (Å²) in [5.41, 5.74) is 1.39. The van der Waals surface area contributed by atoms with Crippen molar-refractivity contribution in [2.24, 2.45) is 0 Å². The second kappa shape index (κ2) is 7.89. The monoisotopic (exact) mass is 400 g/mol. The molecule has 0 atom stereocenters. The largest absolute Gasteiger partial charge is 0.462 e. The maximum absolute atomic E-state index is 12.3. The number of ether oxygens (including phenoxy) is 1. The number of aryl methyl sites for hydroxylation is 2. The summed E-state index contributed by atoms with van der Waals surface area (Å²) in [6.45, 7) is 5.97. The molecule has 0 aliphatic rings. The third-order valence-corrected chi connectivity index (χ3v) is 5.47. The highest BCUT2D eigenvalue weighted by Gasteiger charge is 2.23. The van der Waals surface area contributed by atoms with E-state index < -0.39 is 4.92 Å². The summed E-state index contributed by atoms with van der Waals surface area (Å²) in [4.78, 5) is 35.2. The summed E-state index contributed by atoms with van der Waals surface area (Å²) in [7, 11) is 1.82. The Morgan fingerprint density at radius 1 is 1.29 bits per heavy atom. The molecule has 8 nitrogen and oxygen atoms in total. The fraction of sp³-hybridized carbons (Fsp3) is 0.316. The lowest BCUT2D eigenvalue weighted by Crippen LogP contribution is -2.19. The average Bonchev–Trinajstić information content (AvgIpc) is 2.98. The highest BCUT2D eigenvalue weighted by atomic mass is 32.1. The molecule has 0 saturated heterocycles. The van der Waals surface area contributed by atoms with E-state index in [2.05, 4.69) is 9.97 Å². The second-order valence-corrected chi connectivity index (χ2v) is 7.29. The zero-order valence-corrected chi connectivity index (χ0v) is 16.9. The van der Waals surface area contributed by atoms with Crippen molar-refractivity contribution >= 4 is 39.0 Å². The van der Waals surface area contributed by atoms with Gasteiger partial charge >= 0.3 is 5.97 Å². The van der Waals surface area contributed by atoms with Crippen LogP contribution in [-0.4, -0.2) is 34.5 Å². The quantitative estimate of drug-likeness (QED) is 0.350. The number of benzene rings is 1. The van der Waals surface area contributed by atoms with E-state index in [1.807, 2.05) is 18.9 Å². The van der Waals surface area contributed by atoms with Gasteiger partial charge in [0.05, 0.1) is 23.5 Å². The third-order valence-electron chi connectivity index (χ3n) is 4.30. The number of fused-ring (bicyclic) bond motifs is 1. The van der Waals surface area contributed by atoms with Gasteiger partial charge in [0, 0.05) is 18.7 Å². The van der Waals surface area contributed by atoms with Crippen molar-refractivity contribution in [2.75, 3.05) is 18.6 Å². The van der Waals surface area contributed by atoms with Crippen LogP contribution in [0.1, 0.15) is 33.5 Å². The molecule has 2 heterocycles. The average molecular weight is 400 g/mol. The molecular formula is C19H20N4O4S. The van der Waals surface area contributed by atoms with Crippen molar-refractivity contribution in [3.8, 4) is 0 Å². The number of nitro groups is 1. The zero-order chi connectivity index (χ0) is 20.4. The molecule has 2 aromatic heterocycles. The SMILES string of the molecule is CCOC(=O)c1sc2nc(C)nc(N(C)Cc3ccccc3[N+](=O)[O-])c2c1C. The highest BCUT2D eigenvalue weighted by molar-refractivity contribution is 7.20. The molecule has 146 valence electrons. The van der Waals surface area contributed by atoms with Crippen molar-refractivity contribution in [3.05, 3.63) is 56.2 Å². The number of para-hydroxylation sites is 1. The molecule has 0 bridgehead atoms. The Bertz CT molecular complexity index is 1060. The first-order valence-corrected chi connectivity index (χ1v) is 9.53. The van der Waals surface area contributed by atoms with Gasteiger partial charge in [0.1, 0.15) is 21.3 Å². The normalized spacial score (nSPS) is 10.9. The fourth-order valence-corrected chi connectivity index (χ4v) is 4.16. The van der Waals surface area contributed by atoms with E-state index in [1.165, 1.54) is 17.4 Å². The zero-order valence-electron chi connectivity index (χ0n) is 16.1. The van der Waals surface area contributed by atoms with E-state index in [0.29, 0.717) is 40.1 Å². The molecule has 0 spiro atoms. The minimum Gasteiger partial charge on any atom is -0.462 e. The van der Waals surface area contributed by atoms with Crippen LogP contribution >= 0.6 is 11.3 Å². The van der Waals surface area contributed by atoms with Crippen LogP contribution in [0.2, 0.25) is 0 Å². The third kappa shape index (κ3) is 3.65. The number of nitrogens with zero attached hydrogens (tertiary/aromatic N) is 4. The van der Waals surface area contributed by atoms with Crippen LogP contribution in [-0.2, 0) is 11.3 Å². The van der Waals surface area contributed by atoms with Crippen LogP contribution in [0.4, 0.5) is 11.5 Å². The molecule has 3 aromatic rings. The van der Waals surface area contributed by atoms with Gasteiger partial charge in [-0.15, -0.1) is 11.3 Å². The van der Waals surface area contributed by atoms with Crippen LogP contribution in [0.3, 0.4) is 0 Å². The Hall–Kier alpha value is -3.07. The number of esters is 1. The molecular weight excluding hydrogens is 380 g/mol. The molecule has 28 heavy (non-hydrogen) atoms. The number of carbonyl (C=O) groups excluding carboxylic acids is 1. The first-order chi connectivity index (χ1) is 13.3. The summed E-state index contributed by atoms with van der Waals surface area (Å²) >= 11 is 1.27. The Morgan fingerprint density at radius 2 is 2.00 bits per heavy atom. The van der Waals surface area contributed by atoms with Crippen molar-refractivity contribution < 1.29 is 14.5 Å². The Labute approximate surface area is 165 Å². The predicted octanol–water partition coefficient (Wildman–Crippen LogP) is 4.03. The standard InChI is InChI=1S/C19H20N4O4S/c1-5-27-19(24)16-11(2)15-17(20-12(3)21-18(15)28-16)22(4)10-13-8-6-7-9-14(13)23(25)26/h6-9H,5,10H2,1-4H3. The van der Waals surface area contributed by atoms with Gasteiger partial charge < -0.3 is 9.64 Å². The van der Waals surface area contributed by atoms with Crippen LogP contribution in [0.5, 0.6) is 0 Å². The minimum absolute atomic E-state index is 0.0608. The maximum Gasteiger partial charge on any atom is 0.348 e. The molecule has 0 aliphatic heterocycles. The number of nitro benzene ring substituents is 1. The van der Waals surface area contributed by atoms with Crippen molar-refractivity contribution in [3.63, 3.8) is 0 Å². The van der Waals surface area contributed by atoms with Crippen LogP contribution in [0.25, 0.3) is 10.2 Å². The lowest BCUT2D eigenvalue weighted by Gasteiger charge is -2.20. The Morgan fingerprint density at radius 3 is 2.68 bits per heavy atom. The van der Waals surface area contributed by atoms with E-state index in [9.17, 15) is 14.9 Å². The van der Waals surface area contributed by atoms with Crippen molar-refractivity contribution in [1.82, 2.24) is 9.97 Å². The van der Waals surface area contributed by atoms with Crippen LogP contribution in [0.15, 0.2) is 24.3 Å².